The van der Waals surface area contributed by atoms with Crippen LogP contribution in [0.4, 0.5) is 4.79 Å². The van der Waals surface area contributed by atoms with E-state index in [0.29, 0.717) is 19.4 Å². The lowest BCUT2D eigenvalue weighted by Crippen LogP contribution is -2.35. The molecule has 1 aliphatic rings. The summed E-state index contributed by atoms with van der Waals surface area (Å²) in [4.78, 5) is 22.5. The quantitative estimate of drug-likeness (QED) is 0.511. The third kappa shape index (κ3) is 2.20. The van der Waals surface area contributed by atoms with Gasteiger partial charge in [0, 0.05) is 19.4 Å². The zero-order chi connectivity index (χ0) is 9.14. The molecular formula is C7H10BrNO3. The van der Waals surface area contributed by atoms with Gasteiger partial charge in [-0.25, -0.2) is 4.79 Å². The van der Waals surface area contributed by atoms with Gasteiger partial charge in [-0.1, -0.05) is 15.9 Å². The van der Waals surface area contributed by atoms with E-state index in [1.54, 1.807) is 0 Å². The number of likely N-dealkylation sites (tertiary alicyclic amines) is 1. The summed E-state index contributed by atoms with van der Waals surface area (Å²) >= 11 is 3.17. The molecule has 12 heavy (non-hydrogen) atoms. The van der Waals surface area contributed by atoms with E-state index >= 15 is 0 Å². The van der Waals surface area contributed by atoms with Crippen molar-refractivity contribution in [2.45, 2.75) is 24.2 Å². The summed E-state index contributed by atoms with van der Waals surface area (Å²) in [5.74, 6) is 0.126. The maximum atomic E-state index is 11.0. The average molecular weight is 236 g/mol. The monoisotopic (exact) mass is 235 g/mol. The van der Waals surface area contributed by atoms with Crippen LogP contribution in [0.2, 0.25) is 0 Å². The van der Waals surface area contributed by atoms with Gasteiger partial charge in [-0.05, 0) is 6.42 Å². The first-order valence-corrected chi connectivity index (χ1v) is 4.68. The lowest BCUT2D eigenvalue weighted by Gasteiger charge is -2.21. The van der Waals surface area contributed by atoms with Crippen molar-refractivity contribution in [3.8, 4) is 0 Å². The van der Waals surface area contributed by atoms with Crippen molar-refractivity contribution >= 4 is 27.8 Å². The van der Waals surface area contributed by atoms with Gasteiger partial charge in [0.25, 0.3) is 0 Å². The van der Waals surface area contributed by atoms with Gasteiger partial charge in [0.2, 0.25) is 0 Å². The molecule has 0 aromatic carbocycles. The highest BCUT2D eigenvalue weighted by Crippen LogP contribution is 2.18. The molecule has 1 atom stereocenters. The van der Waals surface area contributed by atoms with Crippen LogP contribution in [-0.4, -0.2) is 33.4 Å². The Hall–Kier alpha value is -0.580. The molecule has 1 rings (SSSR count). The molecule has 68 valence electrons. The molecule has 5 heteroatoms. The van der Waals surface area contributed by atoms with Crippen LogP contribution in [0.3, 0.4) is 0 Å². The molecule has 1 fully saturated rings. The SMILES string of the molecule is O=C1CCCN(C(=O)O)C(Br)C1. The Morgan fingerprint density at radius 3 is 2.92 bits per heavy atom. The average Bonchev–Trinajstić information content (AvgIpc) is 2.10. The van der Waals surface area contributed by atoms with Gasteiger partial charge in [-0.3, -0.25) is 9.69 Å². The minimum Gasteiger partial charge on any atom is -0.465 e. The summed E-state index contributed by atoms with van der Waals surface area (Å²) in [6.07, 6.45) is 0.442. The van der Waals surface area contributed by atoms with Crippen molar-refractivity contribution in [3.05, 3.63) is 0 Å². The number of nitrogens with zero attached hydrogens (tertiary/aromatic N) is 1. The molecule has 1 heterocycles. The smallest absolute Gasteiger partial charge is 0.408 e. The van der Waals surface area contributed by atoms with E-state index in [-0.39, 0.29) is 17.2 Å². The zero-order valence-electron chi connectivity index (χ0n) is 6.49. The normalized spacial score (nSPS) is 25.2. The van der Waals surface area contributed by atoms with Gasteiger partial charge >= 0.3 is 6.09 Å². The molecule has 0 aliphatic carbocycles. The molecule has 4 nitrogen and oxygen atoms in total. The van der Waals surface area contributed by atoms with E-state index in [0.717, 1.165) is 0 Å². The van der Waals surface area contributed by atoms with Gasteiger partial charge in [0.1, 0.15) is 5.78 Å². The van der Waals surface area contributed by atoms with E-state index in [4.69, 9.17) is 5.11 Å². The second kappa shape index (κ2) is 3.89. The molecule has 1 aliphatic heterocycles. The number of hydrogen-bond donors (Lipinski definition) is 1. The van der Waals surface area contributed by atoms with Gasteiger partial charge in [0.15, 0.2) is 0 Å². The molecule has 0 radical (unpaired) electrons. The third-order valence-corrected chi connectivity index (χ3v) is 2.65. The highest BCUT2D eigenvalue weighted by molar-refractivity contribution is 9.09. The Balaban J connectivity index is 2.63. The highest BCUT2D eigenvalue weighted by Gasteiger charge is 2.25. The van der Waals surface area contributed by atoms with Gasteiger partial charge in [0.05, 0.1) is 4.95 Å². The van der Waals surface area contributed by atoms with Crippen molar-refractivity contribution in [2.75, 3.05) is 6.54 Å². The zero-order valence-corrected chi connectivity index (χ0v) is 8.08. The maximum Gasteiger partial charge on any atom is 0.408 e. The highest BCUT2D eigenvalue weighted by atomic mass is 79.9. The molecule has 0 bridgehead atoms. The second-order valence-corrected chi connectivity index (χ2v) is 3.81. The summed E-state index contributed by atoms with van der Waals surface area (Å²) in [7, 11) is 0. The molecule has 1 amide bonds. The van der Waals surface area contributed by atoms with Crippen LogP contribution in [0.25, 0.3) is 0 Å². The second-order valence-electron chi connectivity index (χ2n) is 2.76. The predicted molar refractivity (Wildman–Crippen MR) is 46.3 cm³/mol. The Bertz CT molecular complexity index is 207. The first-order valence-electron chi connectivity index (χ1n) is 3.76. The van der Waals surface area contributed by atoms with Crippen molar-refractivity contribution in [1.82, 2.24) is 4.90 Å². The Labute approximate surface area is 78.7 Å². The van der Waals surface area contributed by atoms with E-state index in [2.05, 4.69) is 15.9 Å². The number of halogens is 1. The largest absolute Gasteiger partial charge is 0.465 e. The maximum absolute atomic E-state index is 11.0. The van der Waals surface area contributed by atoms with Crippen molar-refractivity contribution in [1.29, 1.82) is 0 Å². The topological polar surface area (TPSA) is 57.6 Å². The van der Waals surface area contributed by atoms with Crippen LogP contribution < -0.4 is 0 Å². The summed E-state index contributed by atoms with van der Waals surface area (Å²) in [6.45, 7) is 0.441. The van der Waals surface area contributed by atoms with Crippen molar-refractivity contribution < 1.29 is 14.7 Å². The van der Waals surface area contributed by atoms with Crippen LogP contribution in [0.5, 0.6) is 0 Å². The number of Topliss-reactive ketones (excluding diaryl/α,β-unsaturated/α-hetero) is 1. The van der Waals surface area contributed by atoms with Gasteiger partial charge in [-0.2, -0.15) is 0 Å². The molecule has 1 saturated heterocycles. The number of rotatable bonds is 0. The number of hydrogen-bond acceptors (Lipinski definition) is 2. The molecular weight excluding hydrogens is 226 g/mol. The van der Waals surface area contributed by atoms with Crippen LogP contribution >= 0.6 is 15.9 Å². The summed E-state index contributed by atoms with van der Waals surface area (Å²) in [5.41, 5.74) is 0. The fraction of sp³-hybridized carbons (Fsp3) is 0.714. The Morgan fingerprint density at radius 2 is 2.33 bits per heavy atom. The van der Waals surface area contributed by atoms with Crippen LogP contribution in [0.15, 0.2) is 0 Å². The number of carboxylic acid groups (broad SMARTS) is 1. The molecule has 1 N–H and O–H groups in total. The minimum absolute atomic E-state index is 0.126. The van der Waals surface area contributed by atoms with Crippen LogP contribution in [0, 0.1) is 0 Å². The fourth-order valence-corrected chi connectivity index (χ4v) is 1.94. The molecule has 0 spiro atoms. The minimum atomic E-state index is -0.966. The van der Waals surface area contributed by atoms with Crippen molar-refractivity contribution in [3.63, 3.8) is 0 Å². The number of alkyl halides is 1. The van der Waals surface area contributed by atoms with Crippen LogP contribution in [-0.2, 0) is 4.79 Å². The summed E-state index contributed by atoms with van der Waals surface area (Å²) < 4.78 is 0. The first kappa shape index (κ1) is 9.51. The van der Waals surface area contributed by atoms with E-state index < -0.39 is 6.09 Å². The number of ketones is 1. The number of carbonyl (C=O) groups excluding carboxylic acids is 1. The van der Waals surface area contributed by atoms with E-state index in [9.17, 15) is 9.59 Å². The fourth-order valence-electron chi connectivity index (χ4n) is 1.20. The standard InChI is InChI=1S/C7H10BrNO3/c8-6-4-5(10)2-1-3-9(6)7(11)12/h6H,1-4H2,(H,11,12). The van der Waals surface area contributed by atoms with Gasteiger partial charge < -0.3 is 5.11 Å². The molecule has 1 unspecified atom stereocenters. The summed E-state index contributed by atoms with van der Waals surface area (Å²) in [6, 6.07) is 0. The molecule has 0 aromatic rings. The Kier molecular flexibility index (Phi) is 3.08. The Morgan fingerprint density at radius 1 is 1.67 bits per heavy atom. The molecule has 0 saturated carbocycles. The summed E-state index contributed by atoms with van der Waals surface area (Å²) in [5, 5.41) is 8.70. The van der Waals surface area contributed by atoms with Gasteiger partial charge in [-0.15, -0.1) is 0 Å². The molecule has 0 aromatic heterocycles. The van der Waals surface area contributed by atoms with Crippen LogP contribution in [0.1, 0.15) is 19.3 Å². The lowest BCUT2D eigenvalue weighted by molar-refractivity contribution is -0.118. The predicted octanol–water partition coefficient (Wildman–Crippen LogP) is 1.44. The van der Waals surface area contributed by atoms with E-state index in [1.165, 1.54) is 4.90 Å². The number of amides is 1. The first-order chi connectivity index (χ1) is 5.61. The number of carbonyl (C=O) groups is 2. The van der Waals surface area contributed by atoms with Crippen molar-refractivity contribution in [2.24, 2.45) is 0 Å². The lowest BCUT2D eigenvalue weighted by atomic mass is 10.2. The van der Waals surface area contributed by atoms with E-state index in [1.807, 2.05) is 0 Å². The third-order valence-electron chi connectivity index (χ3n) is 1.83.